The van der Waals surface area contributed by atoms with Crippen LogP contribution in [-0.4, -0.2) is 43.2 Å². The van der Waals surface area contributed by atoms with Gasteiger partial charge in [0.25, 0.3) is 5.91 Å². The van der Waals surface area contributed by atoms with Crippen LogP contribution in [0.25, 0.3) is 0 Å². The molecule has 0 atom stereocenters. The topological polar surface area (TPSA) is 185 Å². The number of hydrazone groups is 3. The normalized spacial score (nSPS) is 11.4. The van der Waals surface area contributed by atoms with Crippen LogP contribution in [0.15, 0.2) is 88.1 Å². The van der Waals surface area contributed by atoms with Gasteiger partial charge in [0.1, 0.15) is 23.6 Å². The number of rotatable bonds is 11. The highest BCUT2D eigenvalue weighted by Crippen LogP contribution is 2.16. The second-order valence-electron chi connectivity index (χ2n) is 7.99. The Morgan fingerprint density at radius 2 is 1.10 bits per heavy atom. The number of hydrogen-bond acceptors (Lipinski definition) is 11. The summed E-state index contributed by atoms with van der Waals surface area (Å²) in [5.74, 6) is -0.201. The van der Waals surface area contributed by atoms with Crippen molar-refractivity contribution in [2.75, 3.05) is 30.4 Å². The quantitative estimate of drug-likeness (QED) is 0.206. The third-order valence-corrected chi connectivity index (χ3v) is 5.30. The predicted octanol–water partition coefficient (Wildman–Crippen LogP) is 3.47. The Kier molecular flexibility index (Phi) is 10.5. The van der Waals surface area contributed by atoms with Crippen molar-refractivity contribution in [3.63, 3.8) is 0 Å². The fourth-order valence-corrected chi connectivity index (χ4v) is 3.06. The summed E-state index contributed by atoms with van der Waals surface area (Å²) < 4.78 is 10.2. The molecule has 3 aromatic rings. The standard InChI is InChI=1S/C28H25N9O4/c1-18(32-37-28(39)26(17-30)36-34-22-10-14-24(41-3)15-11-22)19-4-6-20(7-5-19)31-27(38)25(16-29)35-33-21-8-12-23(40-2)13-9-21/h4-15,33-34H,1-3H3,(H,31,38)(H,37,39)/b32-18+,35-25+,36-26+. The summed E-state index contributed by atoms with van der Waals surface area (Å²) in [5.41, 5.74) is 9.37. The van der Waals surface area contributed by atoms with Crippen LogP contribution >= 0.6 is 0 Å². The van der Waals surface area contributed by atoms with E-state index in [0.717, 1.165) is 0 Å². The van der Waals surface area contributed by atoms with Crippen LogP contribution in [0, 0.1) is 22.7 Å². The van der Waals surface area contributed by atoms with Gasteiger partial charge in [0.2, 0.25) is 11.4 Å². The first-order valence-corrected chi connectivity index (χ1v) is 11.9. The average molecular weight is 552 g/mol. The first-order valence-electron chi connectivity index (χ1n) is 11.9. The third-order valence-electron chi connectivity index (χ3n) is 5.30. The summed E-state index contributed by atoms with van der Waals surface area (Å²) in [7, 11) is 3.09. The minimum atomic E-state index is -0.802. The number of amides is 2. The molecule has 2 amide bonds. The van der Waals surface area contributed by atoms with Gasteiger partial charge in [-0.25, -0.2) is 5.43 Å². The van der Waals surface area contributed by atoms with Crippen molar-refractivity contribution in [1.29, 1.82) is 10.5 Å². The number of ether oxygens (including phenoxy) is 2. The number of nitrogens with zero attached hydrogens (tertiary/aromatic N) is 5. The SMILES string of the molecule is COc1ccc(N/N=C(\C#N)C(=O)N/N=C(\C)c2ccc(NC(=O)/C(C#N)=N/Nc3ccc(OC)cc3)cc2)cc1. The zero-order chi connectivity index (χ0) is 29.6. The Hall–Kier alpha value is -6.21. The maximum absolute atomic E-state index is 12.5. The maximum atomic E-state index is 12.5. The molecule has 3 rings (SSSR count). The van der Waals surface area contributed by atoms with Crippen LogP contribution in [0.4, 0.5) is 17.1 Å². The molecule has 0 bridgehead atoms. The van der Waals surface area contributed by atoms with Crippen LogP contribution in [-0.2, 0) is 9.59 Å². The van der Waals surface area contributed by atoms with E-state index in [4.69, 9.17) is 9.47 Å². The van der Waals surface area contributed by atoms with Gasteiger partial charge in [0.15, 0.2) is 0 Å². The highest BCUT2D eigenvalue weighted by molar-refractivity contribution is 6.48. The number of nitrogens with one attached hydrogen (secondary N) is 4. The molecule has 3 aromatic carbocycles. The minimum Gasteiger partial charge on any atom is -0.497 e. The van der Waals surface area contributed by atoms with E-state index < -0.39 is 17.5 Å². The fraction of sp³-hybridized carbons (Fsp3) is 0.107. The molecule has 0 saturated carbocycles. The molecule has 0 unspecified atom stereocenters. The molecule has 13 heteroatoms. The largest absolute Gasteiger partial charge is 0.497 e. The van der Waals surface area contributed by atoms with E-state index in [0.29, 0.717) is 39.8 Å². The molecule has 4 N–H and O–H groups in total. The molecular formula is C28H25N9O4. The van der Waals surface area contributed by atoms with Gasteiger partial charge in [-0.2, -0.15) is 25.8 Å². The van der Waals surface area contributed by atoms with Crippen molar-refractivity contribution in [2.45, 2.75) is 6.92 Å². The highest BCUT2D eigenvalue weighted by Gasteiger charge is 2.13. The third kappa shape index (κ3) is 8.66. The Morgan fingerprint density at radius 1 is 0.659 bits per heavy atom. The second kappa shape index (κ2) is 14.7. The van der Waals surface area contributed by atoms with Gasteiger partial charge in [0.05, 0.1) is 31.3 Å². The number of nitriles is 2. The maximum Gasteiger partial charge on any atom is 0.302 e. The van der Waals surface area contributed by atoms with Crippen LogP contribution in [0.2, 0.25) is 0 Å². The highest BCUT2D eigenvalue weighted by atomic mass is 16.5. The average Bonchev–Trinajstić information content (AvgIpc) is 3.01. The summed E-state index contributed by atoms with van der Waals surface area (Å²) >= 11 is 0. The van der Waals surface area contributed by atoms with Crippen molar-refractivity contribution < 1.29 is 19.1 Å². The summed E-state index contributed by atoms with van der Waals surface area (Å²) in [5, 5.41) is 32.9. The second-order valence-corrected chi connectivity index (χ2v) is 7.99. The van der Waals surface area contributed by atoms with Gasteiger partial charge >= 0.3 is 5.91 Å². The molecule has 0 aliphatic heterocycles. The number of carbonyl (C=O) groups is 2. The molecule has 41 heavy (non-hydrogen) atoms. The first-order chi connectivity index (χ1) is 19.9. The number of carbonyl (C=O) groups excluding carboxylic acids is 2. The molecule has 206 valence electrons. The minimum absolute atomic E-state index is 0.373. The summed E-state index contributed by atoms with van der Waals surface area (Å²) in [6.07, 6.45) is 0. The van der Waals surface area contributed by atoms with Crippen LogP contribution in [0.5, 0.6) is 11.5 Å². The van der Waals surface area contributed by atoms with Crippen LogP contribution in [0.3, 0.4) is 0 Å². The Bertz CT molecular complexity index is 1550. The fourth-order valence-electron chi connectivity index (χ4n) is 3.06. The smallest absolute Gasteiger partial charge is 0.302 e. The Balaban J connectivity index is 1.57. The monoisotopic (exact) mass is 551 g/mol. The molecule has 0 radical (unpaired) electrons. The zero-order valence-electron chi connectivity index (χ0n) is 22.3. The van der Waals surface area contributed by atoms with E-state index in [1.54, 1.807) is 106 Å². The number of benzene rings is 3. The van der Waals surface area contributed by atoms with E-state index in [-0.39, 0.29) is 5.71 Å². The lowest BCUT2D eigenvalue weighted by molar-refractivity contribution is -0.114. The lowest BCUT2D eigenvalue weighted by Gasteiger charge is -2.07. The Morgan fingerprint density at radius 3 is 1.54 bits per heavy atom. The van der Waals surface area contributed by atoms with Gasteiger partial charge in [-0.05, 0) is 73.2 Å². The predicted molar refractivity (Wildman–Crippen MR) is 155 cm³/mol. The first kappa shape index (κ1) is 29.3. The zero-order valence-corrected chi connectivity index (χ0v) is 22.3. The molecule has 0 aliphatic carbocycles. The van der Waals surface area contributed by atoms with Crippen molar-refractivity contribution in [3.05, 3.63) is 78.4 Å². The molecule has 0 spiro atoms. The van der Waals surface area contributed by atoms with E-state index in [1.807, 2.05) is 0 Å². The lowest BCUT2D eigenvalue weighted by Crippen LogP contribution is -2.27. The summed E-state index contributed by atoms with van der Waals surface area (Å²) in [4.78, 5) is 24.8. The summed E-state index contributed by atoms with van der Waals surface area (Å²) in [6, 6.07) is 23.5. The van der Waals surface area contributed by atoms with Crippen molar-refractivity contribution in [3.8, 4) is 23.6 Å². The lowest BCUT2D eigenvalue weighted by atomic mass is 10.1. The van der Waals surface area contributed by atoms with E-state index in [9.17, 15) is 20.1 Å². The van der Waals surface area contributed by atoms with Crippen molar-refractivity contribution in [2.24, 2.45) is 15.3 Å². The summed E-state index contributed by atoms with van der Waals surface area (Å²) in [6.45, 7) is 1.65. The molecule has 0 heterocycles. The van der Waals surface area contributed by atoms with E-state index in [1.165, 1.54) is 0 Å². The van der Waals surface area contributed by atoms with Gasteiger partial charge in [-0.1, -0.05) is 12.1 Å². The molecular weight excluding hydrogens is 526 g/mol. The molecule has 13 nitrogen and oxygen atoms in total. The van der Waals surface area contributed by atoms with Crippen molar-refractivity contribution >= 4 is 46.0 Å². The van der Waals surface area contributed by atoms with Gasteiger partial charge in [-0.3, -0.25) is 20.4 Å². The molecule has 0 fully saturated rings. The van der Waals surface area contributed by atoms with Crippen molar-refractivity contribution in [1.82, 2.24) is 5.43 Å². The van der Waals surface area contributed by atoms with Gasteiger partial charge in [0, 0.05) is 5.69 Å². The van der Waals surface area contributed by atoms with Crippen LogP contribution < -0.4 is 31.1 Å². The Labute approximate surface area is 235 Å². The van der Waals surface area contributed by atoms with E-state index >= 15 is 0 Å². The number of anilines is 3. The van der Waals surface area contributed by atoms with E-state index in [2.05, 4.69) is 36.9 Å². The van der Waals surface area contributed by atoms with Gasteiger partial charge in [-0.15, -0.1) is 0 Å². The number of hydrogen-bond donors (Lipinski definition) is 4. The molecule has 0 saturated heterocycles. The number of methoxy groups -OCH3 is 2. The van der Waals surface area contributed by atoms with Crippen LogP contribution in [0.1, 0.15) is 12.5 Å². The molecule has 0 aromatic heterocycles. The van der Waals surface area contributed by atoms with Gasteiger partial charge < -0.3 is 14.8 Å². The molecule has 0 aliphatic rings.